The van der Waals surface area contributed by atoms with Crippen molar-refractivity contribution < 1.29 is 69.6 Å². The van der Waals surface area contributed by atoms with Gasteiger partial charge in [0.05, 0.1) is 63.7 Å². The molecule has 5 atom stereocenters. The van der Waals surface area contributed by atoms with Crippen molar-refractivity contribution in [2.24, 2.45) is 0 Å². The minimum atomic E-state index is -1.17. The largest absolute Gasteiger partial charge is 0.464 e. The van der Waals surface area contributed by atoms with Gasteiger partial charge in [-0.2, -0.15) is 36.9 Å². The summed E-state index contributed by atoms with van der Waals surface area (Å²) in [5.74, 6) is -5.81. The van der Waals surface area contributed by atoms with Crippen molar-refractivity contribution in [3.8, 4) is 0 Å². The highest BCUT2D eigenvalue weighted by atomic mass is 79.9. The number of imidazole rings is 5. The summed E-state index contributed by atoms with van der Waals surface area (Å²) >= 11 is 24.7. The summed E-state index contributed by atoms with van der Waals surface area (Å²) in [4.78, 5) is 77.3. The molecule has 10 aromatic rings. The maximum absolute atomic E-state index is 14.0. The van der Waals surface area contributed by atoms with Crippen molar-refractivity contribution in [3.05, 3.63) is 263 Å². The monoisotopic (exact) mass is 1570 g/mol. The van der Waals surface area contributed by atoms with Crippen LogP contribution in [0, 0.1) is 30.1 Å². The Morgan fingerprint density at radius 1 is 0.390 bits per heavy atom. The van der Waals surface area contributed by atoms with E-state index in [0.717, 1.165) is 55.0 Å². The average molecular weight is 1570 g/mol. The lowest BCUT2D eigenvalue weighted by molar-refractivity contribution is 0.0485. The molecule has 0 spiro atoms. The lowest BCUT2D eigenvalue weighted by atomic mass is 10.1. The smallest absolute Gasteiger partial charge is 0.359 e. The van der Waals surface area contributed by atoms with E-state index >= 15 is 0 Å². The molecule has 5 aromatic carbocycles. The van der Waals surface area contributed by atoms with Gasteiger partial charge in [-0.15, -0.1) is 0 Å². The van der Waals surface area contributed by atoms with Gasteiger partial charge in [0.25, 0.3) is 18.2 Å². The van der Waals surface area contributed by atoms with E-state index in [4.69, 9.17) is 53.8 Å². The van der Waals surface area contributed by atoms with E-state index in [1.54, 1.807) is 99.2 Å². The molecule has 0 amide bonds. The Morgan fingerprint density at radius 2 is 0.680 bits per heavy atom. The SMILES string of the molecule is CCCOC(=O)c1c(Cl)nc(Br)n1[C@H](C)c1ccccc1.CCOC(=O)c1c(Br)nc(Cl)n1[C@H](C)c1ccccc1.CCOC(=O)c1c(Cl)nc(F)n1[C@H](C)c1ccccc1.CCOC(=O)c1c(F)nc(F)n1[C@H](C)c1ccccc1.COC(=O)c1c(F)nc(F)n1[C@H](C)c1ccccc1. The van der Waals surface area contributed by atoms with Crippen LogP contribution in [0.3, 0.4) is 0 Å². The molecule has 0 saturated heterocycles. The maximum Gasteiger partial charge on any atom is 0.359 e. The van der Waals surface area contributed by atoms with Crippen molar-refractivity contribution in [2.45, 2.75) is 98.9 Å². The van der Waals surface area contributed by atoms with Gasteiger partial charge in [0.2, 0.25) is 17.2 Å². The van der Waals surface area contributed by atoms with Crippen molar-refractivity contribution >= 4 is 96.5 Å². The van der Waals surface area contributed by atoms with Crippen LogP contribution in [-0.4, -0.2) is 111 Å². The van der Waals surface area contributed by atoms with Gasteiger partial charge in [0, 0.05) is 0 Å². The van der Waals surface area contributed by atoms with Gasteiger partial charge >= 0.3 is 29.8 Å². The van der Waals surface area contributed by atoms with Gasteiger partial charge in [0.1, 0.15) is 4.60 Å². The fourth-order valence-electron chi connectivity index (χ4n) is 9.94. The van der Waals surface area contributed by atoms with Crippen LogP contribution in [0.4, 0.5) is 22.0 Å². The number of rotatable bonds is 20. The summed E-state index contributed by atoms with van der Waals surface area (Å²) < 4.78 is 100. The fraction of sp³-hybridized carbons (Fsp3) is 0.286. The molecular weight excluding hydrogens is 1500 g/mol. The van der Waals surface area contributed by atoms with E-state index in [0.29, 0.717) is 28.2 Å². The molecule has 0 radical (unpaired) electrons. The number of hydrogen-bond acceptors (Lipinski definition) is 15. The molecular formula is C70H70Br2Cl3F5N10O10. The minimum Gasteiger partial charge on any atom is -0.464 e. The number of aromatic nitrogens is 10. The van der Waals surface area contributed by atoms with Crippen molar-refractivity contribution in [1.29, 1.82) is 0 Å². The fourth-order valence-corrected chi connectivity index (χ4v) is 12.1. The maximum atomic E-state index is 14.0. The van der Waals surface area contributed by atoms with Crippen molar-refractivity contribution in [3.63, 3.8) is 0 Å². The molecule has 0 aliphatic heterocycles. The third-order valence-electron chi connectivity index (χ3n) is 14.9. The zero-order valence-corrected chi connectivity index (χ0v) is 61.1. The van der Waals surface area contributed by atoms with Crippen LogP contribution in [0.2, 0.25) is 15.6 Å². The third kappa shape index (κ3) is 19.9. The highest BCUT2D eigenvalue weighted by Gasteiger charge is 2.32. The van der Waals surface area contributed by atoms with Gasteiger partial charge in [-0.1, -0.05) is 182 Å². The molecule has 5 aromatic heterocycles. The number of benzene rings is 5. The predicted molar refractivity (Wildman–Crippen MR) is 372 cm³/mol. The molecule has 0 unspecified atom stereocenters. The number of hydrogen-bond donors (Lipinski definition) is 0. The summed E-state index contributed by atoms with van der Waals surface area (Å²) in [6.45, 7) is 16.9. The van der Waals surface area contributed by atoms with Gasteiger partial charge in [-0.3, -0.25) is 13.7 Å². The second kappa shape index (κ2) is 38.5. The Hall–Kier alpha value is -9.02. The number of esters is 5. The van der Waals surface area contributed by atoms with Gasteiger partial charge < -0.3 is 32.8 Å². The number of methoxy groups -OCH3 is 1. The lowest BCUT2D eigenvalue weighted by Crippen LogP contribution is -2.18. The molecule has 5 heterocycles. The summed E-state index contributed by atoms with van der Waals surface area (Å²) in [5, 5.41) is 0.200. The average Bonchev–Trinajstić information content (AvgIpc) is 1.67. The second-order valence-corrected chi connectivity index (χ2v) is 23.7. The Labute approximate surface area is 605 Å². The molecule has 0 fully saturated rings. The Bertz CT molecular complexity index is 4080. The first-order valence-electron chi connectivity index (χ1n) is 31.0. The molecule has 0 aliphatic carbocycles. The van der Waals surface area contributed by atoms with Crippen molar-refractivity contribution in [1.82, 2.24) is 47.8 Å². The van der Waals surface area contributed by atoms with Crippen LogP contribution >= 0.6 is 66.7 Å². The number of carbonyl (C=O) groups is 5. The number of halogens is 10. The van der Waals surface area contributed by atoms with Crippen molar-refractivity contribution in [2.75, 3.05) is 33.5 Å². The number of nitrogens with zero attached hydrogens (tertiary/aromatic N) is 10. The minimum absolute atomic E-state index is 0.0673. The van der Waals surface area contributed by atoms with Crippen LogP contribution in [0.25, 0.3) is 0 Å². The van der Waals surface area contributed by atoms with Crippen LogP contribution < -0.4 is 0 Å². The third-order valence-corrected chi connectivity index (χ3v) is 16.8. The Morgan fingerprint density at radius 3 is 1.04 bits per heavy atom. The van der Waals surface area contributed by atoms with Gasteiger partial charge in [-0.05, 0) is 133 Å². The first kappa shape index (κ1) is 80.0. The molecule has 530 valence electrons. The van der Waals surface area contributed by atoms with Crippen LogP contribution in [0.1, 0.15) is 179 Å². The van der Waals surface area contributed by atoms with Crippen LogP contribution in [-0.2, 0) is 23.7 Å². The van der Waals surface area contributed by atoms with Gasteiger partial charge in [0.15, 0.2) is 43.5 Å². The summed E-state index contributed by atoms with van der Waals surface area (Å²) in [5.41, 5.74) is 3.90. The quantitative estimate of drug-likeness (QED) is 0.0393. The standard InChI is InChI=1S/C15H16BrClN2O2.C14H14BrClN2O2.C14H14ClFN2O2.C14H14F2N2O2.C13H12F2N2O2/c1-3-9-21-14(20)12-13(17)18-15(16)19(12)10(2)11-7-5-4-6-8-11;3*1-3-20-13(19)11-12(15)17-14(16)18(11)9(2)10-7-5-4-6-8-10;1-8(9-6-4-3-5-7-9)17-10(12(18)19-2)11(14)16-13(17)15/h4-8,10H,3,9H2,1-2H3;3*4-9H,3H2,1-2H3;3-8H,1-2H3/t10-;3*9-;8-/m11111/s1. The highest BCUT2D eigenvalue weighted by molar-refractivity contribution is 9.10. The molecule has 0 N–H and O–H groups in total. The topological polar surface area (TPSA) is 221 Å². The van der Waals surface area contributed by atoms with E-state index in [1.165, 1.54) is 0 Å². The second-order valence-electron chi connectivity index (χ2n) is 21.2. The molecule has 30 heteroatoms. The first-order valence-corrected chi connectivity index (χ1v) is 33.7. The number of ether oxygens (including phenoxy) is 5. The van der Waals surface area contributed by atoms with Crippen LogP contribution in [0.15, 0.2) is 161 Å². The normalized spacial score (nSPS) is 12.2. The molecule has 0 bridgehead atoms. The summed E-state index contributed by atoms with van der Waals surface area (Å²) in [6, 6.07) is 44.8. The first-order chi connectivity index (χ1) is 47.8. The van der Waals surface area contributed by atoms with E-state index in [1.807, 2.05) is 124 Å². The van der Waals surface area contributed by atoms with Gasteiger partial charge in [-0.25, -0.2) is 33.9 Å². The predicted octanol–water partition coefficient (Wildman–Crippen LogP) is 17.5. The Kier molecular flexibility index (Phi) is 30.8. The van der Waals surface area contributed by atoms with E-state index in [2.05, 4.69) is 61.5 Å². The van der Waals surface area contributed by atoms with Crippen LogP contribution in [0.5, 0.6) is 0 Å². The molecule has 10 rings (SSSR count). The van der Waals surface area contributed by atoms with E-state index in [9.17, 15) is 45.9 Å². The zero-order valence-electron chi connectivity index (χ0n) is 55.7. The van der Waals surface area contributed by atoms with E-state index in [-0.39, 0.29) is 52.3 Å². The zero-order chi connectivity index (χ0) is 73.5. The molecule has 0 aliphatic rings. The number of carbonyl (C=O) groups excluding carboxylic acids is 5. The highest BCUT2D eigenvalue weighted by Crippen LogP contribution is 2.33. The Balaban J connectivity index is 0.000000197. The lowest BCUT2D eigenvalue weighted by Gasteiger charge is -2.17. The van der Waals surface area contributed by atoms with E-state index < -0.39 is 89.5 Å². The molecule has 20 nitrogen and oxygen atoms in total. The molecule has 100 heavy (non-hydrogen) atoms. The summed E-state index contributed by atoms with van der Waals surface area (Å²) in [6.07, 6.45) is -2.17. The summed E-state index contributed by atoms with van der Waals surface area (Å²) in [7, 11) is 1.10. The molecule has 0 saturated carbocycles.